The van der Waals surface area contributed by atoms with Gasteiger partial charge in [-0.25, -0.2) is 0 Å². The smallest absolute Gasteiger partial charge is 0.251 e. The molecular formula is C4H6ClN3O. The molecule has 0 aliphatic carbocycles. The molecule has 0 fully saturated rings. The molecule has 0 aromatic carbocycles. The fraction of sp³-hybridized carbons (Fsp3) is 0. The number of H-pyrrole nitrogens is 1. The van der Waals surface area contributed by atoms with Crippen molar-refractivity contribution in [1.29, 1.82) is 0 Å². The molecule has 9 heavy (non-hydrogen) atoms. The Balaban J connectivity index is 0.000000640. The molecule has 0 atom stereocenters. The van der Waals surface area contributed by atoms with Crippen LogP contribution in [-0.2, 0) is 0 Å². The lowest BCUT2D eigenvalue weighted by Gasteiger charge is -1.78. The molecule has 0 radical (unpaired) electrons. The second kappa shape index (κ2) is 3.09. The maximum absolute atomic E-state index is 10.2. The molecule has 5 heteroatoms. The molecule has 0 bridgehead atoms. The van der Waals surface area contributed by atoms with E-state index in [1.165, 1.54) is 12.4 Å². The largest absolute Gasteiger partial charge is 0.366 e. The highest BCUT2D eigenvalue weighted by Gasteiger charge is 1.96. The van der Waals surface area contributed by atoms with E-state index in [0.717, 1.165) is 0 Å². The van der Waals surface area contributed by atoms with Gasteiger partial charge in [-0.1, -0.05) is 0 Å². The monoisotopic (exact) mass is 147 g/mol. The first kappa shape index (κ1) is 7.97. The number of aromatic nitrogens is 2. The normalized spacial score (nSPS) is 8.00. The highest BCUT2D eigenvalue weighted by molar-refractivity contribution is 5.92. The van der Waals surface area contributed by atoms with Crippen LogP contribution in [0.15, 0.2) is 12.4 Å². The van der Waals surface area contributed by atoms with E-state index in [2.05, 4.69) is 10.2 Å². The van der Waals surface area contributed by atoms with Crippen molar-refractivity contribution in [2.45, 2.75) is 0 Å². The molecule has 4 nitrogen and oxygen atoms in total. The number of carbonyl (C=O) groups excluding carboxylic acids is 1. The highest BCUT2D eigenvalue weighted by Crippen LogP contribution is 1.88. The second-order valence-electron chi connectivity index (χ2n) is 1.35. The van der Waals surface area contributed by atoms with Crippen LogP contribution in [0.25, 0.3) is 0 Å². The summed E-state index contributed by atoms with van der Waals surface area (Å²) in [6.45, 7) is 0. The van der Waals surface area contributed by atoms with Crippen LogP contribution in [0, 0.1) is 0 Å². The zero-order chi connectivity index (χ0) is 5.98. The number of rotatable bonds is 1. The molecule has 1 rings (SSSR count). The number of nitrogens with zero attached hydrogens (tertiary/aromatic N) is 1. The van der Waals surface area contributed by atoms with Crippen molar-refractivity contribution in [2.24, 2.45) is 5.73 Å². The van der Waals surface area contributed by atoms with Crippen LogP contribution >= 0.6 is 12.4 Å². The fourth-order valence-corrected chi connectivity index (χ4v) is 0.386. The average Bonchev–Trinajstić information content (AvgIpc) is 2.12. The second-order valence-corrected chi connectivity index (χ2v) is 1.35. The summed E-state index contributed by atoms with van der Waals surface area (Å²) in [5.74, 6) is -0.459. The summed E-state index contributed by atoms with van der Waals surface area (Å²) in [5, 5.41) is 5.98. The number of hydrogen-bond acceptors (Lipinski definition) is 2. The number of amides is 1. The predicted molar refractivity (Wildman–Crippen MR) is 34.4 cm³/mol. The van der Waals surface area contributed by atoms with Crippen molar-refractivity contribution in [3.8, 4) is 0 Å². The molecular weight excluding hydrogens is 142 g/mol. The third-order valence-corrected chi connectivity index (χ3v) is 0.783. The lowest BCUT2D eigenvalue weighted by molar-refractivity contribution is 0.100. The quantitative estimate of drug-likeness (QED) is 0.584. The molecule has 1 amide bonds. The maximum atomic E-state index is 10.2. The molecule has 0 saturated heterocycles. The first-order chi connectivity index (χ1) is 3.80. The Kier molecular flexibility index (Phi) is 2.73. The van der Waals surface area contributed by atoms with Gasteiger partial charge in [-0.3, -0.25) is 9.89 Å². The number of nitrogens with two attached hydrogens (primary N) is 1. The molecule has 0 unspecified atom stereocenters. The summed E-state index contributed by atoms with van der Waals surface area (Å²) in [5.41, 5.74) is 5.27. The molecule has 0 aliphatic heterocycles. The van der Waals surface area contributed by atoms with Crippen LogP contribution in [0.4, 0.5) is 0 Å². The van der Waals surface area contributed by atoms with Crippen molar-refractivity contribution < 1.29 is 4.79 Å². The summed E-state index contributed by atoms with van der Waals surface area (Å²) in [7, 11) is 0. The number of primary amides is 1. The Labute approximate surface area is 57.8 Å². The van der Waals surface area contributed by atoms with E-state index in [4.69, 9.17) is 5.73 Å². The molecule has 1 heterocycles. The van der Waals surface area contributed by atoms with Crippen LogP contribution < -0.4 is 5.73 Å². The molecule has 0 saturated carbocycles. The van der Waals surface area contributed by atoms with E-state index in [1.54, 1.807) is 0 Å². The third-order valence-electron chi connectivity index (χ3n) is 0.783. The molecule has 1 aromatic rings. The van der Waals surface area contributed by atoms with Crippen LogP contribution in [0.2, 0.25) is 0 Å². The van der Waals surface area contributed by atoms with Crippen LogP contribution in [0.5, 0.6) is 0 Å². The zero-order valence-corrected chi connectivity index (χ0v) is 5.31. The van der Waals surface area contributed by atoms with Gasteiger partial charge >= 0.3 is 0 Å². The zero-order valence-electron chi connectivity index (χ0n) is 4.50. The number of carbonyl (C=O) groups is 1. The lowest BCUT2D eigenvalue weighted by Crippen LogP contribution is -2.09. The summed E-state index contributed by atoms with van der Waals surface area (Å²) < 4.78 is 0. The van der Waals surface area contributed by atoms with Crippen molar-refractivity contribution in [2.75, 3.05) is 0 Å². The Morgan fingerprint density at radius 3 is 2.67 bits per heavy atom. The average molecular weight is 148 g/mol. The van der Waals surface area contributed by atoms with E-state index in [0.29, 0.717) is 5.56 Å². The van der Waals surface area contributed by atoms with Gasteiger partial charge in [-0.2, -0.15) is 5.10 Å². The van der Waals surface area contributed by atoms with Crippen molar-refractivity contribution in [3.63, 3.8) is 0 Å². The summed E-state index contributed by atoms with van der Waals surface area (Å²) >= 11 is 0. The minimum absolute atomic E-state index is 0. The SMILES string of the molecule is Cl.NC(=O)c1cn[nH]c1. The highest BCUT2D eigenvalue weighted by atomic mass is 35.5. The van der Waals surface area contributed by atoms with Gasteiger partial charge in [0.2, 0.25) is 0 Å². The standard InChI is InChI=1S/C4H5N3O.ClH/c5-4(8)3-1-6-7-2-3;/h1-2H,(H2,5,8)(H,6,7);1H. The maximum Gasteiger partial charge on any atom is 0.251 e. The number of halogens is 1. The third kappa shape index (κ3) is 1.73. The van der Waals surface area contributed by atoms with E-state index in [-0.39, 0.29) is 12.4 Å². The van der Waals surface area contributed by atoms with Crippen molar-refractivity contribution in [1.82, 2.24) is 10.2 Å². The Hall–Kier alpha value is -1.03. The summed E-state index contributed by atoms with van der Waals surface area (Å²) in [6, 6.07) is 0. The minimum Gasteiger partial charge on any atom is -0.366 e. The van der Waals surface area contributed by atoms with Gasteiger partial charge in [0, 0.05) is 6.20 Å². The van der Waals surface area contributed by atoms with E-state index < -0.39 is 5.91 Å². The van der Waals surface area contributed by atoms with Gasteiger partial charge in [-0.05, 0) is 0 Å². The predicted octanol–water partition coefficient (Wildman–Crippen LogP) is -0.0696. The molecule has 50 valence electrons. The molecule has 0 aliphatic rings. The number of aromatic amines is 1. The lowest BCUT2D eigenvalue weighted by atomic mass is 10.4. The van der Waals surface area contributed by atoms with E-state index in [9.17, 15) is 4.79 Å². The van der Waals surface area contributed by atoms with Crippen LogP contribution in [0.3, 0.4) is 0 Å². The molecule has 3 N–H and O–H groups in total. The Morgan fingerprint density at radius 2 is 2.44 bits per heavy atom. The van der Waals surface area contributed by atoms with E-state index >= 15 is 0 Å². The number of hydrogen-bond donors (Lipinski definition) is 2. The van der Waals surface area contributed by atoms with Crippen LogP contribution in [-0.4, -0.2) is 16.1 Å². The Morgan fingerprint density at radius 1 is 1.78 bits per heavy atom. The van der Waals surface area contributed by atoms with Gasteiger partial charge in [0.25, 0.3) is 5.91 Å². The number of nitrogens with one attached hydrogen (secondary N) is 1. The van der Waals surface area contributed by atoms with Gasteiger partial charge in [0.1, 0.15) is 0 Å². The summed E-state index contributed by atoms with van der Waals surface area (Å²) in [6.07, 6.45) is 2.82. The molecule has 0 spiro atoms. The van der Waals surface area contributed by atoms with Gasteiger partial charge < -0.3 is 5.73 Å². The van der Waals surface area contributed by atoms with Gasteiger partial charge in [0.05, 0.1) is 11.8 Å². The van der Waals surface area contributed by atoms with E-state index in [1.807, 2.05) is 0 Å². The molecule has 1 aromatic heterocycles. The Bertz CT molecular complexity index is 184. The van der Waals surface area contributed by atoms with Crippen molar-refractivity contribution in [3.05, 3.63) is 18.0 Å². The first-order valence-corrected chi connectivity index (χ1v) is 2.09. The van der Waals surface area contributed by atoms with Gasteiger partial charge in [-0.15, -0.1) is 12.4 Å². The van der Waals surface area contributed by atoms with Crippen molar-refractivity contribution >= 4 is 18.3 Å². The summed E-state index contributed by atoms with van der Waals surface area (Å²) in [4.78, 5) is 10.2. The van der Waals surface area contributed by atoms with Gasteiger partial charge in [0.15, 0.2) is 0 Å². The fourth-order valence-electron chi connectivity index (χ4n) is 0.386. The van der Waals surface area contributed by atoms with Crippen LogP contribution in [0.1, 0.15) is 10.4 Å². The first-order valence-electron chi connectivity index (χ1n) is 2.09. The topological polar surface area (TPSA) is 71.8 Å². The minimum atomic E-state index is -0.459.